The molecule has 5 rings (SSSR count). The van der Waals surface area contributed by atoms with Crippen molar-refractivity contribution in [2.75, 3.05) is 63.9 Å². The maximum absolute atomic E-state index is 14.5. The molecule has 2 aromatic carbocycles. The Kier molecular flexibility index (Phi) is 33.1. The second kappa shape index (κ2) is 40.7. The molecule has 3 saturated heterocycles. The Bertz CT molecular complexity index is 3080. The monoisotopic (exact) mass is 1390 g/mol. The van der Waals surface area contributed by atoms with Crippen LogP contribution in [0.15, 0.2) is 70.6 Å². The number of aliphatic hydroxyl groups excluding tert-OH is 1. The number of aliphatic hydroxyl groups is 1. The molecule has 0 spiro atoms. The number of aliphatic carboxylic acids is 1. The molecule has 534 valence electrons. The molecule has 2 aromatic rings. The van der Waals surface area contributed by atoms with Gasteiger partial charge in [-0.25, -0.2) is 4.79 Å². The van der Waals surface area contributed by atoms with Gasteiger partial charge in [0.1, 0.15) is 60.4 Å². The Balaban J connectivity index is 1.26. The minimum atomic E-state index is -1.66. The molecule has 0 saturated carbocycles. The van der Waals surface area contributed by atoms with Crippen molar-refractivity contribution in [3.05, 3.63) is 71.8 Å². The van der Waals surface area contributed by atoms with E-state index in [0.29, 0.717) is 49.8 Å². The summed E-state index contributed by atoms with van der Waals surface area (Å²) in [6, 6.07) is 3.26. The largest absolute Gasteiger partial charge is 0.480 e. The van der Waals surface area contributed by atoms with Gasteiger partial charge in [-0.3, -0.25) is 62.7 Å². The number of likely N-dealkylation sites (tertiary alicyclic amines) is 3. The lowest BCUT2D eigenvalue weighted by molar-refractivity contribution is -0.148. The van der Waals surface area contributed by atoms with Crippen molar-refractivity contribution >= 4 is 108 Å². The van der Waals surface area contributed by atoms with Gasteiger partial charge in [-0.1, -0.05) is 60.7 Å². The number of carbonyl (C=O) groups is 12. The number of hydrogen-bond acceptors (Lipinski definition) is 19. The fourth-order valence-corrected chi connectivity index (χ4v) is 11.9. The van der Waals surface area contributed by atoms with E-state index in [2.05, 4.69) is 77.8 Å². The molecule has 0 aromatic heterocycles. The van der Waals surface area contributed by atoms with Gasteiger partial charge in [0.2, 0.25) is 65.0 Å². The molecule has 0 radical (unpaired) electrons. The summed E-state index contributed by atoms with van der Waals surface area (Å²) in [4.78, 5) is 178. The van der Waals surface area contributed by atoms with E-state index in [1.54, 1.807) is 60.7 Å². The summed E-state index contributed by atoms with van der Waals surface area (Å²) in [5, 5.41) is 41.1. The van der Waals surface area contributed by atoms with Crippen molar-refractivity contribution in [2.45, 2.75) is 163 Å². The Hall–Kier alpha value is -8.80. The quantitative estimate of drug-likeness (QED) is 0.0128. The number of rotatable bonds is 39. The number of carbonyl (C=O) groups excluding carboxylic acids is 11. The number of thiol groups is 2. The van der Waals surface area contributed by atoms with Crippen LogP contribution in [0, 0.1) is 0 Å². The summed E-state index contributed by atoms with van der Waals surface area (Å²) < 4.78 is 0. The van der Waals surface area contributed by atoms with Crippen LogP contribution >= 0.6 is 25.3 Å². The maximum Gasteiger partial charge on any atom is 0.327 e. The molecule has 11 amide bonds. The van der Waals surface area contributed by atoms with Crippen molar-refractivity contribution < 1.29 is 67.7 Å². The molecule has 3 heterocycles. The molecule has 33 nitrogen and oxygen atoms in total. The fourth-order valence-electron chi connectivity index (χ4n) is 11.5. The molecule has 3 aliphatic heterocycles. The number of nitrogens with two attached hydrogens (primary N) is 6. The number of benzene rings is 2. The third kappa shape index (κ3) is 25.0. The second-order valence-corrected chi connectivity index (χ2v) is 24.6. The van der Waals surface area contributed by atoms with Crippen molar-refractivity contribution in [1.82, 2.24) is 57.2 Å². The first-order chi connectivity index (χ1) is 46.4. The molecule has 35 heteroatoms. The van der Waals surface area contributed by atoms with Gasteiger partial charge in [0.15, 0.2) is 11.9 Å². The summed E-state index contributed by atoms with van der Waals surface area (Å²) in [5.74, 6) is -10.2. The zero-order valence-electron chi connectivity index (χ0n) is 54.2. The molecule has 97 heavy (non-hydrogen) atoms. The van der Waals surface area contributed by atoms with Gasteiger partial charge < -0.3 is 102 Å². The first-order valence-electron chi connectivity index (χ1n) is 32.4. The van der Waals surface area contributed by atoms with Crippen molar-refractivity contribution in [3.8, 4) is 0 Å². The average molecular weight is 1390 g/mol. The van der Waals surface area contributed by atoms with E-state index < -0.39 is 151 Å². The highest BCUT2D eigenvalue weighted by Gasteiger charge is 2.45. The summed E-state index contributed by atoms with van der Waals surface area (Å²) in [6.45, 7) is -0.849. The van der Waals surface area contributed by atoms with Crippen LogP contribution in [0.5, 0.6) is 0 Å². The van der Waals surface area contributed by atoms with E-state index >= 15 is 0 Å². The second-order valence-electron chi connectivity index (χ2n) is 23.8. The topological polar surface area (TPSA) is 532 Å². The van der Waals surface area contributed by atoms with Crippen LogP contribution in [-0.2, 0) is 70.4 Å². The van der Waals surface area contributed by atoms with E-state index in [-0.39, 0.29) is 120 Å². The van der Waals surface area contributed by atoms with Gasteiger partial charge in [-0.05, 0) is 101 Å². The number of nitrogens with one attached hydrogen (secondary N) is 8. The number of amides is 11. The third-order valence-electron chi connectivity index (χ3n) is 16.6. The molecular formula is C62H95N19O14S2. The minimum Gasteiger partial charge on any atom is -0.480 e. The number of unbranched alkanes of at least 4 members (excludes halogenated alkanes) is 1. The summed E-state index contributed by atoms with van der Waals surface area (Å²) in [7, 11) is 0. The Morgan fingerprint density at radius 1 is 0.505 bits per heavy atom. The van der Waals surface area contributed by atoms with Crippen LogP contribution < -0.4 is 76.9 Å². The average Bonchev–Trinajstić information content (AvgIpc) is 1.69. The van der Waals surface area contributed by atoms with Crippen LogP contribution in [-0.4, -0.2) is 238 Å². The van der Waals surface area contributed by atoms with Crippen LogP contribution in [0.1, 0.15) is 94.6 Å². The van der Waals surface area contributed by atoms with Crippen molar-refractivity contribution in [3.63, 3.8) is 0 Å². The predicted molar refractivity (Wildman–Crippen MR) is 364 cm³/mol. The van der Waals surface area contributed by atoms with Crippen molar-refractivity contribution in [1.29, 1.82) is 0 Å². The van der Waals surface area contributed by atoms with E-state index in [1.807, 2.05) is 0 Å². The van der Waals surface area contributed by atoms with E-state index in [4.69, 9.17) is 34.4 Å². The smallest absolute Gasteiger partial charge is 0.327 e. The molecule has 11 atom stereocenters. The highest BCUT2D eigenvalue weighted by Crippen LogP contribution is 2.27. The normalized spacial score (nSPS) is 18.2. The lowest BCUT2D eigenvalue weighted by Gasteiger charge is -2.33. The Morgan fingerprint density at radius 3 is 1.44 bits per heavy atom. The first kappa shape index (κ1) is 78.9. The Morgan fingerprint density at radius 2 is 0.938 bits per heavy atom. The summed E-state index contributed by atoms with van der Waals surface area (Å²) in [5.41, 5.74) is 34.8. The SMILES string of the molecule is NCCCC[C@H](NC(=O)[C@@H](N)CS)C(=O)N[C@@H](CCCN=C(N)N)C(=O)N1CCC[C@H]1C(=O)N1CCC[C@H]1C(=O)NCC(=O)N[C@@H](Cc1ccccc1)C(=O)N[C@@H](CO)C(=O)N1CCC[C@H]1C(=O)N[C@@H](Cc1ccccc1)C(=O)N[C@@H](CCCN=C(N)N)C(=O)N[C@@H](CS)C(=O)O. The molecule has 0 bridgehead atoms. The first-order valence-corrected chi connectivity index (χ1v) is 33.7. The zero-order chi connectivity index (χ0) is 71.1. The Labute approximate surface area is 573 Å². The van der Waals surface area contributed by atoms with E-state index in [1.165, 1.54) is 9.80 Å². The maximum atomic E-state index is 14.5. The van der Waals surface area contributed by atoms with Gasteiger partial charge in [-0.2, -0.15) is 25.3 Å². The summed E-state index contributed by atoms with van der Waals surface area (Å²) >= 11 is 8.11. The zero-order valence-corrected chi connectivity index (χ0v) is 56.0. The van der Waals surface area contributed by atoms with E-state index in [0.717, 1.165) is 4.90 Å². The molecule has 3 aliphatic rings. The highest BCUT2D eigenvalue weighted by molar-refractivity contribution is 7.80. The molecular weight excluding hydrogens is 1300 g/mol. The number of carboxylic acids is 1. The van der Waals surface area contributed by atoms with E-state index in [9.17, 15) is 67.7 Å². The number of carboxylic acid groups (broad SMARTS) is 1. The standard InChI is InChI=1S/C62H95N19O14S2/c63-24-8-7-18-39(73-50(84)38(64)34-96)51(85)75-41(20-10-26-70-62(67)68)57(91)81-29-13-23-48(81)59(93)80-28-11-21-46(80)55(89)71-32-49(83)72-42(30-36-14-3-1-4-15-36)53(87)77-44(33-82)58(92)79-27-12-22-47(79)56(90)76-43(31-37-16-5-2-6-17-37)54(88)74-40(19-9-25-69-61(65)66)52(86)78-45(35-97)60(94)95/h1-6,14-17,38-48,82,96-97H,7-13,18-35,63-64H2,(H,71,89)(H,72,83)(H,73,84)(H,74,88)(H,75,85)(H,76,90)(H,77,87)(H,78,86)(H,94,95)(H4,65,66,69)(H4,67,68,70)/t38-,39-,40-,41-,42-,43-,44-,45-,46-,47-,48-/m0/s1. The number of nitrogens with zero attached hydrogens (tertiary/aromatic N) is 5. The van der Waals surface area contributed by atoms with Gasteiger partial charge in [0.05, 0.1) is 19.2 Å². The van der Waals surface area contributed by atoms with Crippen LogP contribution in [0.2, 0.25) is 0 Å². The van der Waals surface area contributed by atoms with Gasteiger partial charge in [0, 0.05) is 57.1 Å². The van der Waals surface area contributed by atoms with Crippen LogP contribution in [0.4, 0.5) is 0 Å². The lowest BCUT2D eigenvalue weighted by atomic mass is 10.0. The molecule has 0 aliphatic carbocycles. The minimum absolute atomic E-state index is 0.00538. The highest BCUT2D eigenvalue weighted by atomic mass is 32.1. The van der Waals surface area contributed by atoms with Gasteiger partial charge in [0.25, 0.3) is 0 Å². The predicted octanol–water partition coefficient (Wildman–Crippen LogP) is -5.55. The number of guanidine groups is 2. The number of hydrogen-bond donors (Lipinski definition) is 18. The molecule has 0 unspecified atom stereocenters. The van der Waals surface area contributed by atoms with Crippen LogP contribution in [0.25, 0.3) is 0 Å². The van der Waals surface area contributed by atoms with Crippen molar-refractivity contribution in [2.24, 2.45) is 44.4 Å². The number of aliphatic imine (C=N–C) groups is 2. The molecule has 3 fully saturated rings. The fraction of sp³-hybridized carbons (Fsp3) is 0.581. The van der Waals surface area contributed by atoms with Gasteiger partial charge >= 0.3 is 5.97 Å². The summed E-state index contributed by atoms with van der Waals surface area (Å²) in [6.07, 6.45) is 3.00. The molecule has 22 N–H and O–H groups in total. The van der Waals surface area contributed by atoms with Gasteiger partial charge in [-0.15, -0.1) is 0 Å². The third-order valence-corrected chi connectivity index (χ3v) is 17.4. The van der Waals surface area contributed by atoms with Crippen LogP contribution in [0.3, 0.4) is 0 Å². The lowest BCUT2D eigenvalue weighted by Crippen LogP contribution is -2.60.